The lowest BCUT2D eigenvalue weighted by Gasteiger charge is -2.13. The van der Waals surface area contributed by atoms with Crippen LogP contribution in [0.3, 0.4) is 0 Å². The summed E-state index contributed by atoms with van der Waals surface area (Å²) < 4.78 is 38.7. The molecule has 23 heavy (non-hydrogen) atoms. The second kappa shape index (κ2) is 5.75. The van der Waals surface area contributed by atoms with Gasteiger partial charge >= 0.3 is 6.18 Å². The van der Waals surface area contributed by atoms with Gasteiger partial charge in [-0.2, -0.15) is 18.3 Å². The molecule has 118 valence electrons. The first-order chi connectivity index (χ1) is 10.9. The highest BCUT2D eigenvalue weighted by Gasteiger charge is 2.32. The molecule has 0 aliphatic heterocycles. The van der Waals surface area contributed by atoms with E-state index in [0.717, 1.165) is 17.0 Å². The van der Waals surface area contributed by atoms with Gasteiger partial charge in [0.25, 0.3) is 5.91 Å². The molecule has 1 aromatic heterocycles. The van der Waals surface area contributed by atoms with Crippen molar-refractivity contribution in [3.8, 4) is 0 Å². The monoisotopic (exact) mass is 319 g/mol. The van der Waals surface area contributed by atoms with Crippen LogP contribution in [0.4, 0.5) is 13.2 Å². The molecule has 3 aromatic rings. The smallest absolute Gasteiger partial charge is 0.348 e. The molecular formula is C16H12F3N3O. The fraction of sp³-hybridized carbons (Fsp3) is 0.125. The van der Waals surface area contributed by atoms with Gasteiger partial charge in [0, 0.05) is 17.5 Å². The zero-order valence-corrected chi connectivity index (χ0v) is 11.8. The van der Waals surface area contributed by atoms with E-state index >= 15 is 0 Å². The summed E-state index contributed by atoms with van der Waals surface area (Å²) in [5.41, 5.74) is 0.427. The minimum atomic E-state index is -4.45. The van der Waals surface area contributed by atoms with Crippen LogP contribution in [0.1, 0.15) is 21.5 Å². The molecule has 2 N–H and O–H groups in total. The van der Waals surface area contributed by atoms with Crippen molar-refractivity contribution in [2.45, 2.75) is 12.7 Å². The lowest BCUT2D eigenvalue weighted by atomic mass is 10.1. The lowest BCUT2D eigenvalue weighted by molar-refractivity contribution is -0.138. The summed E-state index contributed by atoms with van der Waals surface area (Å²) in [6.45, 7) is -0.196. The van der Waals surface area contributed by atoms with Gasteiger partial charge < -0.3 is 5.32 Å². The van der Waals surface area contributed by atoms with Gasteiger partial charge in [-0.25, -0.2) is 0 Å². The molecule has 0 radical (unpaired) electrons. The summed E-state index contributed by atoms with van der Waals surface area (Å²) in [5, 5.41) is 9.89. The number of alkyl halides is 3. The van der Waals surface area contributed by atoms with Crippen molar-refractivity contribution in [3.05, 3.63) is 65.4 Å². The second-order valence-electron chi connectivity index (χ2n) is 5.01. The van der Waals surface area contributed by atoms with Crippen LogP contribution >= 0.6 is 0 Å². The van der Waals surface area contributed by atoms with Crippen LogP contribution in [-0.2, 0) is 12.7 Å². The van der Waals surface area contributed by atoms with Gasteiger partial charge in [-0.15, -0.1) is 0 Å². The maximum absolute atomic E-state index is 12.9. The molecule has 0 fully saturated rings. The van der Waals surface area contributed by atoms with Crippen LogP contribution in [0.2, 0.25) is 0 Å². The number of carbonyl (C=O) groups excluding carboxylic acids is 1. The van der Waals surface area contributed by atoms with E-state index in [4.69, 9.17) is 0 Å². The SMILES string of the molecule is O=C(NCc1ccccc1C(F)(F)F)c1ccc2[nH]ncc2c1. The first-order valence-corrected chi connectivity index (χ1v) is 6.81. The summed E-state index contributed by atoms with van der Waals surface area (Å²) in [6.07, 6.45) is -2.87. The largest absolute Gasteiger partial charge is 0.416 e. The number of nitrogens with zero attached hydrogens (tertiary/aromatic N) is 1. The topological polar surface area (TPSA) is 57.8 Å². The number of hydrogen-bond acceptors (Lipinski definition) is 2. The third-order valence-corrected chi connectivity index (χ3v) is 3.46. The van der Waals surface area contributed by atoms with E-state index in [9.17, 15) is 18.0 Å². The fourth-order valence-electron chi connectivity index (χ4n) is 2.31. The Hall–Kier alpha value is -2.83. The van der Waals surface area contributed by atoms with Crippen LogP contribution in [0.25, 0.3) is 10.9 Å². The number of halogens is 3. The lowest BCUT2D eigenvalue weighted by Crippen LogP contribution is -2.24. The molecule has 1 amide bonds. The Kier molecular flexibility index (Phi) is 3.77. The Morgan fingerprint density at radius 3 is 2.74 bits per heavy atom. The number of carbonyl (C=O) groups is 1. The molecule has 0 bridgehead atoms. The standard InChI is InChI=1S/C16H12F3N3O/c17-16(18,19)13-4-2-1-3-11(13)8-20-15(23)10-5-6-14-12(7-10)9-21-22-14/h1-7,9H,8H2,(H,20,23)(H,21,22). The van der Waals surface area contributed by atoms with Crippen LogP contribution in [0.5, 0.6) is 0 Å². The Morgan fingerprint density at radius 2 is 1.96 bits per heavy atom. The number of H-pyrrole nitrogens is 1. The maximum atomic E-state index is 12.9. The molecular weight excluding hydrogens is 307 g/mol. The van der Waals surface area contributed by atoms with Gasteiger partial charge in [-0.3, -0.25) is 9.89 Å². The van der Waals surface area contributed by atoms with E-state index in [2.05, 4.69) is 15.5 Å². The number of rotatable bonds is 3. The number of fused-ring (bicyclic) bond motifs is 1. The first kappa shape index (κ1) is 15.1. The van der Waals surface area contributed by atoms with Gasteiger partial charge in [0.1, 0.15) is 0 Å². The fourth-order valence-corrected chi connectivity index (χ4v) is 2.31. The maximum Gasteiger partial charge on any atom is 0.416 e. The summed E-state index contributed by atoms with van der Waals surface area (Å²) in [7, 11) is 0. The molecule has 0 unspecified atom stereocenters. The van der Waals surface area contributed by atoms with Crippen molar-refractivity contribution in [1.82, 2.24) is 15.5 Å². The van der Waals surface area contributed by atoms with Crippen molar-refractivity contribution in [2.75, 3.05) is 0 Å². The molecule has 2 aromatic carbocycles. The molecule has 0 atom stereocenters. The molecule has 1 heterocycles. The molecule has 0 aliphatic carbocycles. The van der Waals surface area contributed by atoms with E-state index < -0.39 is 17.6 Å². The van der Waals surface area contributed by atoms with E-state index in [1.165, 1.54) is 18.2 Å². The zero-order valence-electron chi connectivity index (χ0n) is 11.8. The third kappa shape index (κ3) is 3.18. The van der Waals surface area contributed by atoms with Gasteiger partial charge in [-0.05, 0) is 29.8 Å². The third-order valence-electron chi connectivity index (χ3n) is 3.46. The predicted molar refractivity (Wildman–Crippen MR) is 78.7 cm³/mol. The van der Waals surface area contributed by atoms with E-state index in [-0.39, 0.29) is 12.1 Å². The number of hydrogen-bond donors (Lipinski definition) is 2. The number of aromatic amines is 1. The van der Waals surface area contributed by atoms with E-state index in [1.54, 1.807) is 24.4 Å². The summed E-state index contributed by atoms with van der Waals surface area (Å²) in [5.74, 6) is -0.440. The zero-order chi connectivity index (χ0) is 16.4. The molecule has 0 aliphatic rings. The molecule has 0 spiro atoms. The molecule has 0 saturated carbocycles. The van der Waals surface area contributed by atoms with Gasteiger partial charge in [0.15, 0.2) is 0 Å². The molecule has 7 heteroatoms. The molecule has 4 nitrogen and oxygen atoms in total. The average Bonchev–Trinajstić information content (AvgIpc) is 2.99. The minimum absolute atomic E-state index is 0.0257. The van der Waals surface area contributed by atoms with Crippen molar-refractivity contribution in [2.24, 2.45) is 0 Å². The average molecular weight is 319 g/mol. The quantitative estimate of drug-likeness (QED) is 0.776. The van der Waals surface area contributed by atoms with Crippen LogP contribution in [0.15, 0.2) is 48.7 Å². The highest BCUT2D eigenvalue weighted by atomic mass is 19.4. The van der Waals surface area contributed by atoms with Crippen molar-refractivity contribution < 1.29 is 18.0 Å². The van der Waals surface area contributed by atoms with Gasteiger partial charge in [0.2, 0.25) is 0 Å². The number of aromatic nitrogens is 2. The second-order valence-corrected chi connectivity index (χ2v) is 5.01. The van der Waals surface area contributed by atoms with Gasteiger partial charge in [-0.1, -0.05) is 18.2 Å². The number of nitrogens with one attached hydrogen (secondary N) is 2. The summed E-state index contributed by atoms with van der Waals surface area (Å²) >= 11 is 0. The normalized spacial score (nSPS) is 11.6. The van der Waals surface area contributed by atoms with Crippen LogP contribution in [0, 0.1) is 0 Å². The Bertz CT molecular complexity index is 855. The van der Waals surface area contributed by atoms with E-state index in [0.29, 0.717) is 5.56 Å². The highest BCUT2D eigenvalue weighted by molar-refractivity contribution is 5.97. The van der Waals surface area contributed by atoms with Crippen molar-refractivity contribution in [1.29, 1.82) is 0 Å². The summed E-state index contributed by atoms with van der Waals surface area (Å²) in [6, 6.07) is 10.1. The van der Waals surface area contributed by atoms with Gasteiger partial charge in [0.05, 0.1) is 17.3 Å². The van der Waals surface area contributed by atoms with Crippen LogP contribution in [-0.4, -0.2) is 16.1 Å². The number of amides is 1. The Morgan fingerprint density at radius 1 is 1.17 bits per heavy atom. The Labute approximate surface area is 129 Å². The molecule has 0 saturated heterocycles. The van der Waals surface area contributed by atoms with E-state index in [1.807, 2.05) is 0 Å². The van der Waals surface area contributed by atoms with Crippen molar-refractivity contribution in [3.63, 3.8) is 0 Å². The molecule has 3 rings (SSSR count). The predicted octanol–water partition coefficient (Wildman–Crippen LogP) is 3.51. The Balaban J connectivity index is 1.77. The van der Waals surface area contributed by atoms with Crippen LogP contribution < -0.4 is 5.32 Å². The minimum Gasteiger partial charge on any atom is -0.348 e. The highest BCUT2D eigenvalue weighted by Crippen LogP contribution is 2.31. The first-order valence-electron chi connectivity index (χ1n) is 6.81. The summed E-state index contributed by atoms with van der Waals surface area (Å²) in [4.78, 5) is 12.1. The number of benzene rings is 2. The van der Waals surface area contributed by atoms with Crippen molar-refractivity contribution >= 4 is 16.8 Å².